The minimum atomic E-state index is -4.62. The van der Waals surface area contributed by atoms with Crippen LogP contribution >= 0.6 is 11.8 Å². The summed E-state index contributed by atoms with van der Waals surface area (Å²) in [4.78, 5) is 20.0. The van der Waals surface area contributed by atoms with Crippen LogP contribution in [0, 0.1) is 0 Å². The van der Waals surface area contributed by atoms with Gasteiger partial charge in [0.25, 0.3) is 0 Å². The Morgan fingerprint density at radius 2 is 1.71 bits per heavy atom. The van der Waals surface area contributed by atoms with E-state index < -0.39 is 11.9 Å². The fourth-order valence-electron chi connectivity index (χ4n) is 2.38. The van der Waals surface area contributed by atoms with Crippen molar-refractivity contribution in [1.82, 2.24) is 9.97 Å². The summed E-state index contributed by atoms with van der Waals surface area (Å²) in [6.45, 7) is 0. The Labute approximate surface area is 163 Å². The average molecular weight is 404 g/mol. The number of hydrogen-bond acceptors (Lipinski definition) is 5. The SMILES string of the molecule is COc1ccc(-c2cc(C(F)(F)F)nc(SCC(=O)c3ccccc3)n2)cc1. The minimum Gasteiger partial charge on any atom is -0.497 e. The maximum absolute atomic E-state index is 13.3. The highest BCUT2D eigenvalue weighted by Gasteiger charge is 2.34. The van der Waals surface area contributed by atoms with E-state index in [0.717, 1.165) is 17.8 Å². The first-order chi connectivity index (χ1) is 13.4. The summed E-state index contributed by atoms with van der Waals surface area (Å²) in [5.41, 5.74) is 0.0462. The van der Waals surface area contributed by atoms with Crippen LogP contribution in [0.3, 0.4) is 0 Å². The third kappa shape index (κ3) is 4.89. The molecule has 0 N–H and O–H groups in total. The largest absolute Gasteiger partial charge is 0.497 e. The number of ketones is 1. The van der Waals surface area contributed by atoms with Gasteiger partial charge in [0.1, 0.15) is 11.4 Å². The monoisotopic (exact) mass is 404 g/mol. The highest BCUT2D eigenvalue weighted by atomic mass is 32.2. The molecule has 0 saturated carbocycles. The van der Waals surface area contributed by atoms with Crippen molar-refractivity contribution in [2.24, 2.45) is 0 Å². The molecular formula is C20H15F3N2O2S. The van der Waals surface area contributed by atoms with Gasteiger partial charge in [0.2, 0.25) is 0 Å². The first kappa shape index (κ1) is 19.9. The molecule has 8 heteroatoms. The van der Waals surface area contributed by atoms with Crippen molar-refractivity contribution < 1.29 is 22.7 Å². The normalized spacial score (nSPS) is 11.3. The Kier molecular flexibility index (Phi) is 5.99. The summed E-state index contributed by atoms with van der Waals surface area (Å²) >= 11 is 0.874. The van der Waals surface area contributed by atoms with Crippen LogP contribution in [0.4, 0.5) is 13.2 Å². The van der Waals surface area contributed by atoms with Gasteiger partial charge in [0.05, 0.1) is 18.6 Å². The second-order valence-corrected chi connectivity index (χ2v) is 6.67. The number of aromatic nitrogens is 2. The Balaban J connectivity index is 1.88. The number of carbonyl (C=O) groups excluding carboxylic acids is 1. The summed E-state index contributed by atoms with van der Waals surface area (Å²) in [7, 11) is 1.50. The van der Waals surface area contributed by atoms with Crippen LogP contribution in [0.15, 0.2) is 65.8 Å². The van der Waals surface area contributed by atoms with Crippen molar-refractivity contribution >= 4 is 17.5 Å². The summed E-state index contributed by atoms with van der Waals surface area (Å²) < 4.78 is 44.8. The number of hydrogen-bond donors (Lipinski definition) is 0. The molecule has 0 aliphatic heterocycles. The summed E-state index contributed by atoms with van der Waals surface area (Å²) in [6, 6.07) is 15.9. The quantitative estimate of drug-likeness (QED) is 0.323. The van der Waals surface area contributed by atoms with Gasteiger partial charge in [-0.1, -0.05) is 42.1 Å². The molecule has 28 heavy (non-hydrogen) atoms. The van der Waals surface area contributed by atoms with Crippen LogP contribution in [0.25, 0.3) is 11.3 Å². The molecule has 3 rings (SSSR count). The van der Waals surface area contributed by atoms with Crippen LogP contribution in [0.5, 0.6) is 5.75 Å². The van der Waals surface area contributed by atoms with Crippen LogP contribution in [0.1, 0.15) is 16.1 Å². The second kappa shape index (κ2) is 8.43. The molecule has 0 aliphatic rings. The third-order valence-electron chi connectivity index (χ3n) is 3.81. The number of nitrogens with zero attached hydrogens (tertiary/aromatic N) is 2. The van der Waals surface area contributed by atoms with Crippen molar-refractivity contribution in [1.29, 1.82) is 0 Å². The van der Waals surface area contributed by atoms with Crippen LogP contribution in [-0.4, -0.2) is 28.6 Å². The van der Waals surface area contributed by atoms with Gasteiger partial charge in [-0.15, -0.1) is 0 Å². The van der Waals surface area contributed by atoms with E-state index in [9.17, 15) is 18.0 Å². The van der Waals surface area contributed by atoms with Crippen LogP contribution in [-0.2, 0) is 6.18 Å². The van der Waals surface area contributed by atoms with Crippen LogP contribution in [0.2, 0.25) is 0 Å². The number of methoxy groups -OCH3 is 1. The van der Waals surface area contributed by atoms with E-state index in [1.165, 1.54) is 7.11 Å². The van der Waals surface area contributed by atoms with Gasteiger partial charge >= 0.3 is 6.18 Å². The molecule has 1 heterocycles. The van der Waals surface area contributed by atoms with Gasteiger partial charge in [0, 0.05) is 11.1 Å². The van der Waals surface area contributed by atoms with Crippen molar-refractivity contribution in [3.63, 3.8) is 0 Å². The highest BCUT2D eigenvalue weighted by molar-refractivity contribution is 7.99. The predicted octanol–water partition coefficient (Wildman–Crippen LogP) is 5.15. The van der Waals surface area contributed by atoms with E-state index in [-0.39, 0.29) is 22.4 Å². The first-order valence-corrected chi connectivity index (χ1v) is 9.17. The minimum absolute atomic E-state index is 0.0621. The first-order valence-electron chi connectivity index (χ1n) is 8.18. The molecular weight excluding hydrogens is 389 g/mol. The van der Waals surface area contributed by atoms with E-state index in [1.807, 2.05) is 0 Å². The van der Waals surface area contributed by atoms with E-state index in [0.29, 0.717) is 16.9 Å². The molecule has 144 valence electrons. The molecule has 0 spiro atoms. The van der Waals surface area contributed by atoms with Gasteiger partial charge in [-0.05, 0) is 30.3 Å². The Morgan fingerprint density at radius 3 is 2.32 bits per heavy atom. The maximum atomic E-state index is 13.3. The van der Waals surface area contributed by atoms with E-state index in [2.05, 4.69) is 9.97 Å². The molecule has 3 aromatic rings. The molecule has 0 amide bonds. The molecule has 0 unspecified atom stereocenters. The Bertz CT molecular complexity index is 961. The number of halogens is 3. The van der Waals surface area contributed by atoms with Gasteiger partial charge in [-0.3, -0.25) is 4.79 Å². The fourth-order valence-corrected chi connectivity index (χ4v) is 3.13. The lowest BCUT2D eigenvalue weighted by Crippen LogP contribution is -2.11. The summed E-state index contributed by atoms with van der Waals surface area (Å²) in [5, 5.41) is -0.107. The summed E-state index contributed by atoms with van der Waals surface area (Å²) in [5.74, 6) is 0.308. The molecule has 0 atom stereocenters. The molecule has 1 aromatic heterocycles. The number of thioether (sulfide) groups is 1. The third-order valence-corrected chi connectivity index (χ3v) is 4.66. The van der Waals surface area contributed by atoms with Crippen molar-refractivity contribution in [3.8, 4) is 17.0 Å². The topological polar surface area (TPSA) is 52.1 Å². The highest BCUT2D eigenvalue weighted by Crippen LogP contribution is 2.32. The number of ether oxygens (including phenoxy) is 1. The molecule has 0 radical (unpaired) electrons. The standard InChI is InChI=1S/C20H15F3N2O2S/c1-27-15-9-7-13(8-10-15)16-11-18(20(21,22)23)25-19(24-16)28-12-17(26)14-5-3-2-4-6-14/h2-11H,12H2,1H3. The maximum Gasteiger partial charge on any atom is 0.433 e. The fraction of sp³-hybridized carbons (Fsp3) is 0.150. The van der Waals surface area contributed by atoms with Gasteiger partial charge < -0.3 is 4.74 Å². The number of benzene rings is 2. The number of alkyl halides is 3. The molecule has 0 aliphatic carbocycles. The second-order valence-electron chi connectivity index (χ2n) is 5.73. The zero-order valence-corrected chi connectivity index (χ0v) is 15.6. The number of carbonyl (C=O) groups is 1. The van der Waals surface area contributed by atoms with E-state index in [4.69, 9.17) is 4.74 Å². The Hall–Kier alpha value is -2.87. The van der Waals surface area contributed by atoms with Crippen LogP contribution < -0.4 is 4.74 Å². The lowest BCUT2D eigenvalue weighted by Gasteiger charge is -2.11. The Morgan fingerprint density at radius 1 is 1.04 bits per heavy atom. The van der Waals surface area contributed by atoms with Crippen molar-refractivity contribution in [2.75, 3.05) is 12.9 Å². The smallest absolute Gasteiger partial charge is 0.433 e. The molecule has 0 fully saturated rings. The predicted molar refractivity (Wildman–Crippen MR) is 101 cm³/mol. The van der Waals surface area contributed by atoms with E-state index in [1.54, 1.807) is 54.6 Å². The number of Topliss-reactive ketones (excluding diaryl/α,β-unsaturated/α-hetero) is 1. The zero-order valence-electron chi connectivity index (χ0n) is 14.7. The lowest BCUT2D eigenvalue weighted by molar-refractivity contribution is -0.141. The molecule has 0 saturated heterocycles. The van der Waals surface area contributed by atoms with Crippen molar-refractivity contribution in [2.45, 2.75) is 11.3 Å². The molecule has 2 aromatic carbocycles. The lowest BCUT2D eigenvalue weighted by atomic mass is 10.1. The average Bonchev–Trinajstić information content (AvgIpc) is 2.72. The molecule has 4 nitrogen and oxygen atoms in total. The van der Waals surface area contributed by atoms with Crippen molar-refractivity contribution in [3.05, 3.63) is 71.9 Å². The summed E-state index contributed by atoms with van der Waals surface area (Å²) in [6.07, 6.45) is -4.62. The zero-order chi connectivity index (χ0) is 20.1. The van der Waals surface area contributed by atoms with Gasteiger partial charge in [-0.25, -0.2) is 9.97 Å². The van der Waals surface area contributed by atoms with Gasteiger partial charge in [0.15, 0.2) is 10.9 Å². The van der Waals surface area contributed by atoms with Gasteiger partial charge in [-0.2, -0.15) is 13.2 Å². The van der Waals surface area contributed by atoms with E-state index >= 15 is 0 Å². The number of rotatable bonds is 6. The molecule has 0 bridgehead atoms.